The Morgan fingerprint density at radius 2 is 1.15 bits per heavy atom. The molecule has 4 unspecified atom stereocenters. The van der Waals surface area contributed by atoms with E-state index in [0.29, 0.717) is 31.4 Å². The number of carbonyl (C=O) groups is 14. The Bertz CT molecular complexity index is 3380. The van der Waals surface area contributed by atoms with Gasteiger partial charge < -0.3 is 144 Å². The summed E-state index contributed by atoms with van der Waals surface area (Å²) < 4.78 is 22.4. The third kappa shape index (κ3) is 35.7. The molecule has 1 aromatic rings. The zero-order valence-electron chi connectivity index (χ0n) is 70.0. The Morgan fingerprint density at radius 3 is 1.69 bits per heavy atom. The molecule has 1 fully saturated rings. The van der Waals surface area contributed by atoms with Gasteiger partial charge in [-0.2, -0.15) is 0 Å². The number of ether oxygens (including phenoxy) is 4. The van der Waals surface area contributed by atoms with E-state index >= 15 is 0 Å². The van der Waals surface area contributed by atoms with Crippen LogP contribution in [0.5, 0.6) is 0 Å². The summed E-state index contributed by atoms with van der Waals surface area (Å²) in [6, 6.07) is -1.76. The molecule has 0 spiro atoms. The minimum Gasteiger partial charge on any atom is -0.480 e. The van der Waals surface area contributed by atoms with Crippen LogP contribution in [0.3, 0.4) is 0 Å². The van der Waals surface area contributed by atoms with Gasteiger partial charge in [0, 0.05) is 73.3 Å². The zero-order valence-corrected chi connectivity index (χ0v) is 70.0. The molecule has 23 N–H and O–H groups in total. The van der Waals surface area contributed by atoms with Gasteiger partial charge >= 0.3 is 18.0 Å². The normalized spacial score (nSPS) is 17.9. The molecule has 1 aromatic carbocycles. The van der Waals surface area contributed by atoms with Crippen LogP contribution in [-0.2, 0) is 87.7 Å². The van der Waals surface area contributed by atoms with Crippen molar-refractivity contribution >= 4 is 83.0 Å². The molecule has 678 valence electrons. The van der Waals surface area contributed by atoms with Crippen molar-refractivity contribution < 1.29 is 142 Å². The van der Waals surface area contributed by atoms with Crippen LogP contribution in [-0.4, -0.2) is 370 Å². The maximum absolute atomic E-state index is 14.6. The summed E-state index contributed by atoms with van der Waals surface area (Å²) in [6.07, 6.45) is -20.4. The number of likely N-dealkylation sites (N-methyl/N-ethyl adjacent to an activating group) is 2. The molecule has 0 saturated carbocycles. The van der Waals surface area contributed by atoms with Gasteiger partial charge in [-0.05, 0) is 70.0 Å². The number of nitrogens with two attached hydrogens (primary N) is 1. The highest BCUT2D eigenvalue weighted by atomic mass is 16.6. The lowest BCUT2D eigenvalue weighted by molar-refractivity contribution is -0.148. The maximum atomic E-state index is 14.6. The summed E-state index contributed by atoms with van der Waals surface area (Å²) in [7, 11) is 8.19. The van der Waals surface area contributed by atoms with Gasteiger partial charge in [0.15, 0.2) is 0 Å². The number of amides is 12. The van der Waals surface area contributed by atoms with Gasteiger partial charge in [0.25, 0.3) is 0 Å². The highest BCUT2D eigenvalue weighted by Gasteiger charge is 2.45. The lowest BCUT2D eigenvalue weighted by Gasteiger charge is -2.41. The molecule has 0 aromatic heterocycles. The van der Waals surface area contributed by atoms with E-state index in [9.17, 15) is 113 Å². The number of carboxylic acid groups (broad SMARTS) is 1. The Kier molecular flexibility index (Phi) is 48.5. The summed E-state index contributed by atoms with van der Waals surface area (Å²) >= 11 is 0. The number of carboxylic acids is 1. The number of benzene rings is 1. The number of carbonyl (C=O) groups excluding carboxylic acids is 13. The fraction of sp³-hybridized carbons (Fsp3) is 0.737. The molecule has 43 heteroatoms. The Balaban J connectivity index is 2.08. The second-order valence-electron chi connectivity index (χ2n) is 30.3. The van der Waals surface area contributed by atoms with Crippen molar-refractivity contribution in [2.24, 2.45) is 29.4 Å². The first-order valence-corrected chi connectivity index (χ1v) is 39.6. The summed E-state index contributed by atoms with van der Waals surface area (Å²) in [5.74, 6) is -12.6. The van der Waals surface area contributed by atoms with Crippen LogP contribution in [0.15, 0.2) is 30.3 Å². The van der Waals surface area contributed by atoms with Crippen molar-refractivity contribution in [2.45, 2.75) is 235 Å². The smallest absolute Gasteiger partial charge is 0.407 e. The first kappa shape index (κ1) is 106. The topological polar surface area (TPSA) is 654 Å². The lowest BCUT2D eigenvalue weighted by Crippen LogP contribution is -2.59. The van der Waals surface area contributed by atoms with Crippen molar-refractivity contribution in [3.05, 3.63) is 35.9 Å². The van der Waals surface area contributed by atoms with Crippen LogP contribution in [0.25, 0.3) is 0 Å². The number of hydrogen-bond donors (Lipinski definition) is 22. The molecule has 0 bridgehead atoms. The number of nitrogens with zero attached hydrogens (tertiary/aromatic N) is 3. The molecular weight excluding hydrogens is 1570 g/mol. The molecule has 12 amide bonds. The van der Waals surface area contributed by atoms with Gasteiger partial charge in [-0.15, -0.1) is 0 Å². The van der Waals surface area contributed by atoms with Crippen LogP contribution in [0.4, 0.5) is 4.79 Å². The van der Waals surface area contributed by atoms with Crippen molar-refractivity contribution in [2.75, 3.05) is 101 Å². The number of rotatable bonds is 56. The van der Waals surface area contributed by atoms with E-state index in [1.54, 1.807) is 68.2 Å². The summed E-state index contributed by atoms with van der Waals surface area (Å²) in [6.45, 7) is 8.32. The fourth-order valence-corrected chi connectivity index (χ4v) is 13.2. The number of hydrogen-bond acceptors (Lipinski definition) is 30. The van der Waals surface area contributed by atoms with Crippen molar-refractivity contribution in [3.8, 4) is 0 Å². The highest BCUT2D eigenvalue weighted by molar-refractivity contribution is 5.94. The molecule has 43 nitrogen and oxygen atoms in total. The quantitative estimate of drug-likeness (QED) is 0.0213. The van der Waals surface area contributed by atoms with Crippen LogP contribution in [0.1, 0.15) is 119 Å². The third-order valence-electron chi connectivity index (χ3n) is 20.3. The van der Waals surface area contributed by atoms with Crippen molar-refractivity contribution in [3.63, 3.8) is 0 Å². The molecule has 21 atom stereocenters. The predicted octanol–water partition coefficient (Wildman–Crippen LogP) is -8.20. The van der Waals surface area contributed by atoms with Crippen LogP contribution in [0, 0.1) is 23.7 Å². The highest BCUT2D eigenvalue weighted by Crippen LogP contribution is 2.30. The molecule has 1 aliphatic heterocycles. The van der Waals surface area contributed by atoms with E-state index in [0.717, 1.165) is 0 Å². The Hall–Kier alpha value is -8.96. The first-order chi connectivity index (χ1) is 56.0. The maximum Gasteiger partial charge on any atom is 0.407 e. The largest absolute Gasteiger partial charge is 0.480 e. The molecule has 0 radical (unpaired) electrons. The van der Waals surface area contributed by atoms with Gasteiger partial charge in [0.05, 0.1) is 87.7 Å². The summed E-state index contributed by atoms with van der Waals surface area (Å²) in [4.78, 5) is 192. The number of aliphatic hydroxyl groups excluding tert-OH is 10. The zero-order chi connectivity index (χ0) is 90.2. The minimum absolute atomic E-state index is 0.0392. The monoisotopic (exact) mass is 1700 g/mol. The molecule has 0 aliphatic carbocycles. The number of aliphatic carboxylic acids is 1. The number of methoxy groups -OCH3 is 2. The second kappa shape index (κ2) is 54.3. The second-order valence-corrected chi connectivity index (χ2v) is 30.3. The summed E-state index contributed by atoms with van der Waals surface area (Å²) in [5, 5.41) is 132. The van der Waals surface area contributed by atoms with Gasteiger partial charge in [-0.25, -0.2) is 14.4 Å². The molecule has 1 heterocycles. The molecule has 2 rings (SSSR count). The minimum atomic E-state index is -2.17. The average molecular weight is 1700 g/mol. The van der Waals surface area contributed by atoms with Gasteiger partial charge in [-0.3, -0.25) is 57.6 Å². The SMILES string of the molecule is CC[C@H](C)[C@@H]([C@@H](CC(=O)N1CCC[C@H]1[C@H](OC)[C@@H](C)C(=O)N[C@@H](Cc1ccccc1)C(=O)NCCCOC(=O)C(C)NC(=O)CC(NC(=O)CCNC(=O)OCC(NC(=O)CN)C(=O)NC(CCC(=O)NC[C@H](O)[C@@H](O)[C@@H](O)[C@H](O)CO)C(=O)NC[C@H](O)[C@@H](O)[C@@H](O)[C@H](O)CO)C(=O)O)OC)N(C)C(=O)[C@@H](NC(=O)[C@H](C(C)C)N(C)C)C(C)C. The number of likely N-dealkylation sites (tertiary alicyclic amines) is 1. The third-order valence-corrected chi connectivity index (χ3v) is 20.3. The first-order valence-electron chi connectivity index (χ1n) is 39.6. The lowest BCUT2D eigenvalue weighted by atomic mass is 9.89. The van der Waals surface area contributed by atoms with Crippen molar-refractivity contribution in [1.82, 2.24) is 67.9 Å². The average Bonchev–Trinajstić information content (AvgIpc) is 1.77. The molecule has 119 heavy (non-hydrogen) atoms. The molecular formula is C76H130N14O29. The van der Waals surface area contributed by atoms with Gasteiger partial charge in [-0.1, -0.05) is 85.2 Å². The Morgan fingerprint density at radius 1 is 0.580 bits per heavy atom. The van der Waals surface area contributed by atoms with E-state index in [4.69, 9.17) is 34.9 Å². The summed E-state index contributed by atoms with van der Waals surface area (Å²) in [5.41, 5.74) is 6.11. The predicted molar refractivity (Wildman–Crippen MR) is 422 cm³/mol. The van der Waals surface area contributed by atoms with Gasteiger partial charge in [0.2, 0.25) is 65.0 Å². The van der Waals surface area contributed by atoms with Crippen LogP contribution >= 0.6 is 0 Å². The number of aliphatic hydroxyl groups is 10. The van der Waals surface area contributed by atoms with E-state index in [1.165, 1.54) is 21.1 Å². The van der Waals surface area contributed by atoms with Crippen LogP contribution < -0.4 is 58.9 Å². The number of alkyl carbamates (subject to hydrolysis) is 1. The fourth-order valence-electron chi connectivity index (χ4n) is 13.2. The number of esters is 1. The molecule has 1 saturated heterocycles. The van der Waals surface area contributed by atoms with E-state index in [2.05, 4.69) is 53.2 Å². The van der Waals surface area contributed by atoms with Gasteiger partial charge in [0.1, 0.15) is 79.5 Å². The molecule has 1 aliphatic rings. The van der Waals surface area contributed by atoms with Crippen molar-refractivity contribution in [1.29, 1.82) is 0 Å². The van der Waals surface area contributed by atoms with E-state index < -0.39 is 258 Å². The van der Waals surface area contributed by atoms with E-state index in [-0.39, 0.29) is 67.9 Å². The van der Waals surface area contributed by atoms with Crippen LogP contribution in [0.2, 0.25) is 0 Å². The standard InChI is InChI=1S/C76H130N14O29/c1-14-41(6)62(89(11)73(111)60(39(2)3)87-72(110)61(40(4)5)88(9)10)54(116-12)32-59(101)90-28-18-22-49(90)67(117-13)42(7)68(106)86-46(30-44-20-16-15-17-21-44)70(108)78-26-19-29-118-75(114)43(8)82-57(99)31-47(74(112)113)83-56(98)25-27-79-76(115)119-38-48(84-58(100)33-77)71(109)85-45(69(107)81-35-51(94)64(103)66(105)53(96)37-92)23-24-55(97)80-34-50(93)63(102)65(104)52(95)36-91/h15-17,20-21,39-43,45-54,60-67,91-96,102-105H,14,18-19,22-38,77H2,1-13H3,(H,78,108)(H,79,115)(H,80,97)(H,81,107)(H,82,99)(H,83,98)(H,84,100)(H,85,109)(H,86,106)(H,87,110)(H,112,113)/t41-,42+,43?,45?,46-,47?,48?,49-,50-,51-,52+,53+,54+,60-,61-,62-,63+,64+,65-,66-,67+/m0/s1. The Labute approximate surface area is 692 Å². The number of nitrogens with one attached hydrogen (secondary N) is 10. The van der Waals surface area contributed by atoms with E-state index in [1.807, 2.05) is 46.4 Å².